The number of benzene rings is 3. The molecule has 4 rings (SSSR count). The van der Waals surface area contributed by atoms with Crippen LogP contribution in [0, 0.1) is 6.92 Å². The zero-order chi connectivity index (χ0) is 25.7. The molecular weight excluding hydrogens is 474 g/mol. The van der Waals surface area contributed by atoms with E-state index in [4.69, 9.17) is 11.6 Å². The highest BCUT2D eigenvalue weighted by Crippen LogP contribution is 2.20. The Kier molecular flexibility index (Phi) is 7.51. The third kappa shape index (κ3) is 5.64. The van der Waals surface area contributed by atoms with Gasteiger partial charge in [0.15, 0.2) is 0 Å². The molecule has 1 aromatic heterocycles. The lowest BCUT2D eigenvalue weighted by molar-refractivity contribution is -0.117. The number of halogens is 1. The number of anilines is 1. The summed E-state index contributed by atoms with van der Waals surface area (Å²) in [5.74, 6) is -1.07. The van der Waals surface area contributed by atoms with Crippen LogP contribution in [0.1, 0.15) is 27.2 Å². The largest absolute Gasteiger partial charge is 0.378 e. The third-order valence-corrected chi connectivity index (χ3v) is 5.96. The van der Waals surface area contributed by atoms with Gasteiger partial charge in [-0.3, -0.25) is 9.59 Å². The standard InChI is InChI=1S/C28H26ClN5O2/c1-18-23(21-8-5-7-11-25(21)31-18)17-30-33-28(36)26(16-19-12-14-20(15-13-19)34(2)3)32-27(35)22-9-4-6-10-24(22)29/h4-17,31H,1-3H3,(H,32,35)(H,33,36). The van der Waals surface area contributed by atoms with E-state index in [1.54, 1.807) is 36.6 Å². The number of para-hydroxylation sites is 1. The van der Waals surface area contributed by atoms with E-state index in [-0.39, 0.29) is 16.3 Å². The minimum atomic E-state index is -0.569. The zero-order valence-corrected chi connectivity index (χ0v) is 20.9. The van der Waals surface area contributed by atoms with Gasteiger partial charge in [0.2, 0.25) is 0 Å². The number of rotatable bonds is 7. The van der Waals surface area contributed by atoms with E-state index in [0.29, 0.717) is 0 Å². The van der Waals surface area contributed by atoms with Crippen LogP contribution in [0.5, 0.6) is 0 Å². The molecule has 4 aromatic rings. The smallest absolute Gasteiger partial charge is 0.287 e. The number of hydrogen-bond donors (Lipinski definition) is 3. The number of hydrazone groups is 1. The molecule has 0 aliphatic rings. The molecule has 0 atom stereocenters. The van der Waals surface area contributed by atoms with E-state index < -0.39 is 11.8 Å². The molecule has 2 amide bonds. The third-order valence-electron chi connectivity index (χ3n) is 5.63. The second kappa shape index (κ2) is 10.9. The molecule has 36 heavy (non-hydrogen) atoms. The first kappa shape index (κ1) is 24.8. The van der Waals surface area contributed by atoms with E-state index in [0.717, 1.165) is 33.4 Å². The van der Waals surface area contributed by atoms with E-state index in [1.165, 1.54) is 0 Å². The number of aromatic amines is 1. The molecule has 182 valence electrons. The van der Waals surface area contributed by atoms with Crippen LogP contribution in [0.25, 0.3) is 17.0 Å². The van der Waals surface area contributed by atoms with Crippen LogP contribution < -0.4 is 15.6 Å². The summed E-state index contributed by atoms with van der Waals surface area (Å²) in [5.41, 5.74) is 7.35. The summed E-state index contributed by atoms with van der Waals surface area (Å²) in [4.78, 5) is 31.3. The van der Waals surface area contributed by atoms with Gasteiger partial charge in [-0.2, -0.15) is 5.10 Å². The van der Waals surface area contributed by atoms with Crippen LogP contribution in [-0.4, -0.2) is 37.1 Å². The molecule has 0 saturated heterocycles. The Labute approximate surface area is 214 Å². The zero-order valence-electron chi connectivity index (χ0n) is 20.2. The molecule has 0 spiro atoms. The minimum Gasteiger partial charge on any atom is -0.378 e. The van der Waals surface area contributed by atoms with Gasteiger partial charge >= 0.3 is 0 Å². The van der Waals surface area contributed by atoms with Crippen molar-refractivity contribution in [3.63, 3.8) is 0 Å². The van der Waals surface area contributed by atoms with Gasteiger partial charge in [-0.15, -0.1) is 0 Å². The maximum absolute atomic E-state index is 13.1. The molecule has 1 heterocycles. The van der Waals surface area contributed by atoms with E-state index >= 15 is 0 Å². The van der Waals surface area contributed by atoms with Crippen molar-refractivity contribution in [3.05, 3.63) is 106 Å². The second-order valence-corrected chi connectivity index (χ2v) is 8.79. The average Bonchev–Trinajstić information content (AvgIpc) is 3.19. The number of carbonyl (C=O) groups excluding carboxylic acids is 2. The van der Waals surface area contributed by atoms with Crippen LogP contribution in [0.15, 0.2) is 83.6 Å². The van der Waals surface area contributed by atoms with Gasteiger partial charge in [0.25, 0.3) is 11.8 Å². The van der Waals surface area contributed by atoms with Crippen molar-refractivity contribution >= 4 is 52.3 Å². The SMILES string of the molecule is Cc1[nH]c2ccccc2c1C=NNC(=O)C(=Cc1ccc(N(C)C)cc1)NC(=O)c1ccccc1Cl. The molecule has 8 heteroatoms. The fourth-order valence-electron chi connectivity index (χ4n) is 3.71. The molecule has 0 radical (unpaired) electrons. The number of hydrogen-bond acceptors (Lipinski definition) is 4. The molecule has 0 saturated carbocycles. The topological polar surface area (TPSA) is 89.6 Å². The molecule has 0 fully saturated rings. The van der Waals surface area contributed by atoms with Gasteiger partial charge in [-0.25, -0.2) is 5.43 Å². The first-order valence-corrected chi connectivity index (χ1v) is 11.7. The van der Waals surface area contributed by atoms with Gasteiger partial charge in [0.1, 0.15) is 5.70 Å². The number of nitrogens with one attached hydrogen (secondary N) is 3. The van der Waals surface area contributed by atoms with Crippen LogP contribution in [0.4, 0.5) is 5.69 Å². The maximum atomic E-state index is 13.1. The number of fused-ring (bicyclic) bond motifs is 1. The summed E-state index contributed by atoms with van der Waals surface area (Å²) in [5, 5.41) is 8.12. The van der Waals surface area contributed by atoms with Crippen LogP contribution >= 0.6 is 11.6 Å². The molecular formula is C28H26ClN5O2. The highest BCUT2D eigenvalue weighted by Gasteiger charge is 2.16. The first-order valence-electron chi connectivity index (χ1n) is 11.3. The number of H-pyrrole nitrogens is 1. The number of nitrogens with zero attached hydrogens (tertiary/aromatic N) is 2. The lowest BCUT2D eigenvalue weighted by Crippen LogP contribution is -2.33. The summed E-state index contributed by atoms with van der Waals surface area (Å²) in [6.07, 6.45) is 3.18. The Balaban J connectivity index is 1.59. The van der Waals surface area contributed by atoms with Crippen molar-refractivity contribution in [2.24, 2.45) is 5.10 Å². The monoisotopic (exact) mass is 499 g/mol. The van der Waals surface area contributed by atoms with Crippen LogP contribution in [0.3, 0.4) is 0 Å². The lowest BCUT2D eigenvalue weighted by atomic mass is 10.1. The molecule has 3 N–H and O–H groups in total. The normalized spacial score (nSPS) is 11.6. The maximum Gasteiger partial charge on any atom is 0.287 e. The highest BCUT2D eigenvalue weighted by atomic mass is 35.5. The number of carbonyl (C=O) groups is 2. The Morgan fingerprint density at radius 1 is 0.972 bits per heavy atom. The lowest BCUT2D eigenvalue weighted by Gasteiger charge is -2.13. The van der Waals surface area contributed by atoms with Crippen molar-refractivity contribution in [1.82, 2.24) is 15.7 Å². The average molecular weight is 500 g/mol. The second-order valence-electron chi connectivity index (χ2n) is 8.39. The molecule has 0 bridgehead atoms. The van der Waals surface area contributed by atoms with Gasteiger partial charge in [-0.05, 0) is 48.9 Å². The summed E-state index contributed by atoms with van der Waals surface area (Å²) < 4.78 is 0. The predicted octanol–water partition coefficient (Wildman–Crippen LogP) is 5.12. The van der Waals surface area contributed by atoms with Crippen molar-refractivity contribution in [1.29, 1.82) is 0 Å². The van der Waals surface area contributed by atoms with Gasteiger partial charge in [0.05, 0.1) is 16.8 Å². The van der Waals surface area contributed by atoms with Crippen molar-refractivity contribution in [2.45, 2.75) is 6.92 Å². The van der Waals surface area contributed by atoms with E-state index in [1.807, 2.05) is 74.4 Å². The first-order chi connectivity index (χ1) is 17.3. The summed E-state index contributed by atoms with van der Waals surface area (Å²) in [6.45, 7) is 1.94. The summed E-state index contributed by atoms with van der Waals surface area (Å²) in [7, 11) is 3.89. The van der Waals surface area contributed by atoms with E-state index in [9.17, 15) is 9.59 Å². The van der Waals surface area contributed by atoms with Gasteiger partial charge in [0, 0.05) is 41.9 Å². The summed E-state index contributed by atoms with van der Waals surface area (Å²) >= 11 is 6.18. The molecule has 0 aliphatic heterocycles. The molecule has 7 nitrogen and oxygen atoms in total. The number of amides is 2. The van der Waals surface area contributed by atoms with E-state index in [2.05, 4.69) is 20.8 Å². The Morgan fingerprint density at radius 2 is 1.67 bits per heavy atom. The quantitative estimate of drug-likeness (QED) is 0.187. The highest BCUT2D eigenvalue weighted by molar-refractivity contribution is 6.34. The molecule has 0 unspecified atom stereocenters. The van der Waals surface area contributed by atoms with Crippen LogP contribution in [-0.2, 0) is 4.79 Å². The van der Waals surface area contributed by atoms with Crippen molar-refractivity contribution in [2.75, 3.05) is 19.0 Å². The molecule has 3 aromatic carbocycles. The Morgan fingerprint density at radius 3 is 2.39 bits per heavy atom. The van der Waals surface area contributed by atoms with Gasteiger partial charge in [-0.1, -0.05) is 54.1 Å². The summed E-state index contributed by atoms with van der Waals surface area (Å²) in [6, 6.07) is 22.1. The van der Waals surface area contributed by atoms with Crippen molar-refractivity contribution < 1.29 is 9.59 Å². The molecule has 0 aliphatic carbocycles. The predicted molar refractivity (Wildman–Crippen MR) is 146 cm³/mol. The Bertz CT molecular complexity index is 1470. The fraction of sp³-hybridized carbons (Fsp3) is 0.107. The number of aryl methyl sites for hydroxylation is 1. The van der Waals surface area contributed by atoms with Crippen LogP contribution in [0.2, 0.25) is 5.02 Å². The number of aromatic nitrogens is 1. The van der Waals surface area contributed by atoms with Gasteiger partial charge < -0.3 is 15.2 Å². The van der Waals surface area contributed by atoms with Crippen molar-refractivity contribution in [3.8, 4) is 0 Å². The Hall–Kier alpha value is -4.36. The minimum absolute atomic E-state index is 0.0327. The fourth-order valence-corrected chi connectivity index (χ4v) is 3.93.